The number of aliphatic carboxylic acids is 1. The summed E-state index contributed by atoms with van der Waals surface area (Å²) in [5.41, 5.74) is 4.61. The van der Waals surface area contributed by atoms with Crippen LogP contribution in [0.5, 0.6) is 0 Å². The standard InChI is InChI=1S/C28H34N2O5/c1-17(2)14-25(27(32)33)29-26(31)15-24(18-8-7-9-18)30-28(34)35-16-23-21-12-5-3-10-19(21)20-11-4-6-13-22(20)23/h3-6,10-13,17-18,23-25H,7-9,14-16H2,1-2H3,(H,29,31)(H,30,34)(H,32,33)/t24?,25-/m0/s1. The maximum atomic E-state index is 12.8. The van der Waals surface area contributed by atoms with Crippen LogP contribution in [0.15, 0.2) is 48.5 Å². The largest absolute Gasteiger partial charge is 0.480 e. The van der Waals surface area contributed by atoms with Gasteiger partial charge < -0.3 is 20.5 Å². The number of nitrogens with one attached hydrogen (secondary N) is 2. The molecule has 2 amide bonds. The molecule has 2 aromatic carbocycles. The van der Waals surface area contributed by atoms with Gasteiger partial charge in [-0.05, 0) is 53.4 Å². The van der Waals surface area contributed by atoms with Crippen molar-refractivity contribution in [3.63, 3.8) is 0 Å². The van der Waals surface area contributed by atoms with E-state index in [1.54, 1.807) is 0 Å². The summed E-state index contributed by atoms with van der Waals surface area (Å²) >= 11 is 0. The van der Waals surface area contributed by atoms with E-state index in [0.717, 1.165) is 41.5 Å². The molecule has 2 aliphatic carbocycles. The van der Waals surface area contributed by atoms with E-state index in [0.29, 0.717) is 6.42 Å². The molecule has 0 radical (unpaired) electrons. The second-order valence-electron chi connectivity index (χ2n) is 10.1. The highest BCUT2D eigenvalue weighted by molar-refractivity contribution is 5.84. The fraction of sp³-hybridized carbons (Fsp3) is 0.464. The number of alkyl carbamates (subject to hydrolysis) is 1. The quantitative estimate of drug-likeness (QED) is 0.459. The van der Waals surface area contributed by atoms with Crippen molar-refractivity contribution in [3.05, 3.63) is 59.7 Å². The fourth-order valence-electron chi connectivity index (χ4n) is 5.12. The van der Waals surface area contributed by atoms with Crippen molar-refractivity contribution in [3.8, 4) is 11.1 Å². The van der Waals surface area contributed by atoms with E-state index >= 15 is 0 Å². The van der Waals surface area contributed by atoms with Gasteiger partial charge in [-0.1, -0.05) is 68.8 Å². The topological polar surface area (TPSA) is 105 Å². The Balaban J connectivity index is 1.36. The van der Waals surface area contributed by atoms with E-state index < -0.39 is 18.1 Å². The summed E-state index contributed by atoms with van der Waals surface area (Å²) in [5.74, 6) is -1.12. The molecule has 0 bridgehead atoms. The average Bonchev–Trinajstić information content (AvgIpc) is 3.09. The van der Waals surface area contributed by atoms with Crippen molar-refractivity contribution in [2.75, 3.05) is 6.61 Å². The number of amides is 2. The van der Waals surface area contributed by atoms with Gasteiger partial charge in [-0.2, -0.15) is 0 Å². The number of carboxylic acids is 1. The van der Waals surface area contributed by atoms with Crippen LogP contribution in [0.2, 0.25) is 0 Å². The molecule has 0 heterocycles. The smallest absolute Gasteiger partial charge is 0.407 e. The van der Waals surface area contributed by atoms with Gasteiger partial charge in [0.15, 0.2) is 0 Å². The van der Waals surface area contributed by atoms with Gasteiger partial charge in [-0.3, -0.25) is 4.79 Å². The van der Waals surface area contributed by atoms with Crippen LogP contribution >= 0.6 is 0 Å². The van der Waals surface area contributed by atoms with Gasteiger partial charge >= 0.3 is 12.1 Å². The normalized spacial score (nSPS) is 16.5. The van der Waals surface area contributed by atoms with E-state index in [9.17, 15) is 19.5 Å². The third-order valence-corrected chi connectivity index (χ3v) is 7.11. The molecule has 1 unspecified atom stereocenters. The van der Waals surface area contributed by atoms with Gasteiger partial charge in [0.2, 0.25) is 5.91 Å². The fourth-order valence-corrected chi connectivity index (χ4v) is 5.12. The molecule has 3 N–H and O–H groups in total. The predicted octanol–water partition coefficient (Wildman–Crippen LogP) is 4.70. The zero-order valence-corrected chi connectivity index (χ0v) is 20.3. The minimum Gasteiger partial charge on any atom is -0.480 e. The molecule has 4 rings (SSSR count). The van der Waals surface area contributed by atoms with Crippen molar-refractivity contribution in [2.24, 2.45) is 11.8 Å². The Morgan fingerprint density at radius 1 is 0.971 bits per heavy atom. The lowest BCUT2D eigenvalue weighted by Crippen LogP contribution is -2.48. The molecule has 35 heavy (non-hydrogen) atoms. The van der Waals surface area contributed by atoms with Gasteiger partial charge in [0.25, 0.3) is 0 Å². The molecule has 2 aliphatic rings. The first-order valence-electron chi connectivity index (χ1n) is 12.5. The first-order chi connectivity index (χ1) is 16.8. The molecule has 1 fully saturated rings. The summed E-state index contributed by atoms with van der Waals surface area (Å²) in [5, 5.41) is 14.9. The van der Waals surface area contributed by atoms with Crippen molar-refractivity contribution in [1.29, 1.82) is 0 Å². The number of carbonyl (C=O) groups is 3. The number of hydrogen-bond donors (Lipinski definition) is 3. The van der Waals surface area contributed by atoms with Crippen LogP contribution in [0, 0.1) is 11.8 Å². The van der Waals surface area contributed by atoms with E-state index in [1.165, 1.54) is 0 Å². The van der Waals surface area contributed by atoms with Crippen LogP contribution in [0.1, 0.15) is 63.0 Å². The van der Waals surface area contributed by atoms with E-state index in [2.05, 4.69) is 34.9 Å². The lowest BCUT2D eigenvalue weighted by Gasteiger charge is -2.34. The van der Waals surface area contributed by atoms with Crippen molar-refractivity contribution < 1.29 is 24.2 Å². The predicted molar refractivity (Wildman–Crippen MR) is 133 cm³/mol. The summed E-state index contributed by atoms with van der Waals surface area (Å²) in [6, 6.07) is 15.0. The minimum atomic E-state index is -1.04. The van der Waals surface area contributed by atoms with Gasteiger partial charge in [0, 0.05) is 18.4 Å². The summed E-state index contributed by atoms with van der Waals surface area (Å²) in [6.45, 7) is 4.04. The van der Waals surface area contributed by atoms with Gasteiger partial charge in [-0.25, -0.2) is 9.59 Å². The molecule has 2 atom stereocenters. The molecule has 1 saturated carbocycles. The molecule has 186 valence electrons. The van der Waals surface area contributed by atoms with Crippen molar-refractivity contribution in [1.82, 2.24) is 10.6 Å². The molecule has 7 heteroatoms. The number of hydrogen-bond acceptors (Lipinski definition) is 4. The summed E-state index contributed by atoms with van der Waals surface area (Å²) in [4.78, 5) is 36.9. The van der Waals surface area contributed by atoms with Crippen LogP contribution in [0.3, 0.4) is 0 Å². The summed E-state index contributed by atoms with van der Waals surface area (Å²) < 4.78 is 5.67. The van der Waals surface area contributed by atoms with Crippen molar-refractivity contribution in [2.45, 2.75) is 64.0 Å². The molecular weight excluding hydrogens is 444 g/mol. The maximum absolute atomic E-state index is 12.8. The highest BCUT2D eigenvalue weighted by Gasteiger charge is 2.33. The third kappa shape index (κ3) is 5.84. The number of carbonyl (C=O) groups excluding carboxylic acids is 2. The molecule has 0 aromatic heterocycles. The molecular formula is C28H34N2O5. The van der Waals surface area contributed by atoms with Crippen LogP contribution in [-0.2, 0) is 14.3 Å². The Morgan fingerprint density at radius 3 is 2.09 bits per heavy atom. The Labute approximate surface area is 206 Å². The minimum absolute atomic E-state index is 0.0361. The third-order valence-electron chi connectivity index (χ3n) is 7.11. The van der Waals surface area contributed by atoms with Crippen molar-refractivity contribution >= 4 is 18.0 Å². The Hall–Kier alpha value is -3.35. The highest BCUT2D eigenvalue weighted by Crippen LogP contribution is 2.44. The van der Waals surface area contributed by atoms with E-state index in [4.69, 9.17) is 4.74 Å². The molecule has 7 nitrogen and oxygen atoms in total. The maximum Gasteiger partial charge on any atom is 0.407 e. The van der Waals surface area contributed by atoms with Gasteiger partial charge in [-0.15, -0.1) is 0 Å². The number of carboxylic acid groups (broad SMARTS) is 1. The Morgan fingerprint density at radius 2 is 1.57 bits per heavy atom. The molecule has 2 aromatic rings. The lowest BCUT2D eigenvalue weighted by molar-refractivity contribution is -0.142. The average molecular weight is 479 g/mol. The number of fused-ring (bicyclic) bond motifs is 3. The first-order valence-corrected chi connectivity index (χ1v) is 12.5. The molecule has 0 spiro atoms. The highest BCUT2D eigenvalue weighted by atomic mass is 16.5. The zero-order chi connectivity index (χ0) is 24.9. The van der Waals surface area contributed by atoms with Crippen LogP contribution < -0.4 is 10.6 Å². The summed E-state index contributed by atoms with van der Waals surface area (Å²) in [6.07, 6.45) is 2.76. The lowest BCUT2D eigenvalue weighted by atomic mass is 9.78. The second kappa shape index (κ2) is 10.9. The van der Waals surface area contributed by atoms with Crippen LogP contribution in [0.4, 0.5) is 4.79 Å². The van der Waals surface area contributed by atoms with Gasteiger partial charge in [0.05, 0.1) is 0 Å². The molecule has 0 saturated heterocycles. The van der Waals surface area contributed by atoms with Crippen LogP contribution in [0.25, 0.3) is 11.1 Å². The zero-order valence-electron chi connectivity index (χ0n) is 20.3. The Kier molecular flexibility index (Phi) is 7.73. The summed E-state index contributed by atoms with van der Waals surface area (Å²) in [7, 11) is 0. The number of rotatable bonds is 10. The first kappa shape index (κ1) is 24.8. The monoisotopic (exact) mass is 478 g/mol. The van der Waals surface area contributed by atoms with Gasteiger partial charge in [0.1, 0.15) is 12.6 Å². The second-order valence-corrected chi connectivity index (χ2v) is 10.1. The SMILES string of the molecule is CC(C)C[C@H](NC(=O)CC(NC(=O)OCC1c2ccccc2-c2ccccc21)C1CCC1)C(=O)O. The van der Waals surface area contributed by atoms with E-state index in [1.807, 2.05) is 38.1 Å². The van der Waals surface area contributed by atoms with E-state index in [-0.39, 0.29) is 42.7 Å². The number of ether oxygens (including phenoxy) is 1. The molecule has 0 aliphatic heterocycles. The Bertz CT molecular complexity index is 1030. The number of benzene rings is 2. The van der Waals surface area contributed by atoms with Crippen LogP contribution in [-0.4, -0.2) is 41.8 Å².